The van der Waals surface area contributed by atoms with Crippen LogP contribution in [0.3, 0.4) is 0 Å². The van der Waals surface area contributed by atoms with Crippen molar-refractivity contribution >= 4 is 45.5 Å². The molecule has 0 saturated carbocycles. The Hall–Kier alpha value is -2.65. The Bertz CT molecular complexity index is 918. The molecule has 0 bridgehead atoms. The van der Waals surface area contributed by atoms with E-state index in [1.807, 2.05) is 24.3 Å². The number of amides is 1. The molecule has 140 valence electrons. The van der Waals surface area contributed by atoms with E-state index in [9.17, 15) is 9.18 Å². The zero-order valence-corrected chi connectivity index (χ0v) is 16.2. The zero-order chi connectivity index (χ0) is 19.2. The Labute approximate surface area is 164 Å². The Kier molecular flexibility index (Phi) is 6.25. The van der Waals surface area contributed by atoms with Crippen LogP contribution >= 0.6 is 23.1 Å². The molecule has 0 aliphatic carbocycles. The van der Waals surface area contributed by atoms with E-state index in [0.717, 1.165) is 5.69 Å². The molecule has 1 amide bonds. The van der Waals surface area contributed by atoms with E-state index in [-0.39, 0.29) is 17.0 Å². The van der Waals surface area contributed by atoms with Crippen LogP contribution in [0.4, 0.5) is 20.9 Å². The molecule has 6 nitrogen and oxygen atoms in total. The third-order valence-corrected chi connectivity index (χ3v) is 5.54. The molecule has 1 atom stereocenters. The number of nitrogens with one attached hydrogen (secondary N) is 2. The van der Waals surface area contributed by atoms with Crippen LogP contribution in [0.2, 0.25) is 0 Å². The number of ether oxygens (including phenoxy) is 1. The smallest absolute Gasteiger partial charge is 0.237 e. The molecule has 2 N–H and O–H groups in total. The van der Waals surface area contributed by atoms with E-state index in [2.05, 4.69) is 20.8 Å². The third kappa shape index (κ3) is 5.18. The maximum atomic E-state index is 12.9. The lowest BCUT2D eigenvalue weighted by molar-refractivity contribution is -0.115. The Morgan fingerprint density at radius 1 is 1.19 bits per heavy atom. The average Bonchev–Trinajstić information content (AvgIpc) is 3.10. The van der Waals surface area contributed by atoms with Crippen LogP contribution in [0, 0.1) is 5.82 Å². The highest BCUT2D eigenvalue weighted by molar-refractivity contribution is 8.02. The van der Waals surface area contributed by atoms with Gasteiger partial charge >= 0.3 is 0 Å². The van der Waals surface area contributed by atoms with Crippen LogP contribution in [0.1, 0.15) is 6.92 Å². The molecule has 0 unspecified atom stereocenters. The maximum absolute atomic E-state index is 12.9. The van der Waals surface area contributed by atoms with Gasteiger partial charge in [0.05, 0.1) is 18.0 Å². The normalized spacial score (nSPS) is 11.7. The van der Waals surface area contributed by atoms with Crippen molar-refractivity contribution in [2.75, 3.05) is 17.7 Å². The fraction of sp³-hybridized carbons (Fsp3) is 0.167. The number of methoxy groups -OCH3 is 1. The number of nitrogens with zero attached hydrogens (tertiary/aromatic N) is 2. The van der Waals surface area contributed by atoms with Crippen molar-refractivity contribution in [3.8, 4) is 5.75 Å². The highest BCUT2D eigenvalue weighted by Gasteiger charge is 2.18. The first-order valence-corrected chi connectivity index (χ1v) is 9.71. The highest BCUT2D eigenvalue weighted by Crippen LogP contribution is 2.33. The van der Waals surface area contributed by atoms with Gasteiger partial charge in [0.15, 0.2) is 4.34 Å². The predicted molar refractivity (Wildman–Crippen MR) is 107 cm³/mol. The largest absolute Gasteiger partial charge is 0.495 e. The molecule has 0 spiro atoms. The minimum atomic E-state index is -0.387. The number of halogens is 1. The summed E-state index contributed by atoms with van der Waals surface area (Å²) in [6.07, 6.45) is 0. The molecular formula is C18H17FN4O2S2. The second-order valence-corrected chi connectivity index (χ2v) is 8.02. The summed E-state index contributed by atoms with van der Waals surface area (Å²) >= 11 is 2.65. The Balaban J connectivity index is 1.59. The Morgan fingerprint density at radius 3 is 2.67 bits per heavy atom. The molecule has 0 saturated heterocycles. The number of hydrogen-bond acceptors (Lipinski definition) is 7. The summed E-state index contributed by atoms with van der Waals surface area (Å²) in [5, 5.41) is 14.3. The van der Waals surface area contributed by atoms with Gasteiger partial charge in [0.2, 0.25) is 11.0 Å². The van der Waals surface area contributed by atoms with Crippen molar-refractivity contribution < 1.29 is 13.9 Å². The monoisotopic (exact) mass is 404 g/mol. The van der Waals surface area contributed by atoms with Crippen LogP contribution in [0.25, 0.3) is 0 Å². The molecule has 3 rings (SSSR count). The topological polar surface area (TPSA) is 76.1 Å². The molecule has 0 radical (unpaired) electrons. The second kappa shape index (κ2) is 8.83. The molecule has 1 aromatic heterocycles. The number of aromatic nitrogens is 2. The van der Waals surface area contributed by atoms with E-state index < -0.39 is 0 Å². The van der Waals surface area contributed by atoms with Gasteiger partial charge in [0, 0.05) is 5.69 Å². The molecule has 9 heteroatoms. The number of benzene rings is 2. The van der Waals surface area contributed by atoms with Gasteiger partial charge in [-0.25, -0.2) is 4.39 Å². The minimum Gasteiger partial charge on any atom is -0.495 e. The Morgan fingerprint density at radius 2 is 1.93 bits per heavy atom. The number of para-hydroxylation sites is 2. The lowest BCUT2D eigenvalue weighted by Gasteiger charge is -2.10. The summed E-state index contributed by atoms with van der Waals surface area (Å²) in [7, 11) is 1.60. The number of thioether (sulfide) groups is 1. The van der Waals surface area contributed by atoms with E-state index in [1.165, 1.54) is 47.4 Å². The van der Waals surface area contributed by atoms with Crippen molar-refractivity contribution in [1.29, 1.82) is 0 Å². The fourth-order valence-corrected chi connectivity index (χ4v) is 4.06. The van der Waals surface area contributed by atoms with Crippen LogP contribution < -0.4 is 15.4 Å². The van der Waals surface area contributed by atoms with Crippen molar-refractivity contribution in [3.05, 3.63) is 54.3 Å². The van der Waals surface area contributed by atoms with Crippen molar-refractivity contribution in [2.24, 2.45) is 0 Å². The minimum absolute atomic E-state index is 0.193. The molecule has 1 heterocycles. The van der Waals surface area contributed by atoms with Gasteiger partial charge in [-0.2, -0.15) is 0 Å². The van der Waals surface area contributed by atoms with Gasteiger partial charge in [-0.05, 0) is 43.3 Å². The van der Waals surface area contributed by atoms with Crippen LogP contribution in [-0.2, 0) is 4.79 Å². The van der Waals surface area contributed by atoms with E-state index in [4.69, 9.17) is 4.74 Å². The highest BCUT2D eigenvalue weighted by atomic mass is 32.2. The summed E-state index contributed by atoms with van der Waals surface area (Å²) in [5.41, 5.74) is 1.33. The first kappa shape index (κ1) is 19.1. The van der Waals surface area contributed by atoms with Gasteiger partial charge in [-0.15, -0.1) is 10.2 Å². The number of anilines is 3. The van der Waals surface area contributed by atoms with Gasteiger partial charge in [-0.1, -0.05) is 35.2 Å². The molecule has 0 aliphatic heterocycles. The molecule has 27 heavy (non-hydrogen) atoms. The number of hydrogen-bond donors (Lipinski definition) is 2. The maximum Gasteiger partial charge on any atom is 0.237 e. The van der Waals surface area contributed by atoms with E-state index in [1.54, 1.807) is 14.0 Å². The number of carbonyl (C=O) groups is 1. The first-order valence-electron chi connectivity index (χ1n) is 8.02. The predicted octanol–water partition coefficient (Wildman–Crippen LogP) is 4.55. The average molecular weight is 404 g/mol. The molecular weight excluding hydrogens is 387 g/mol. The molecule has 3 aromatic rings. The van der Waals surface area contributed by atoms with E-state index >= 15 is 0 Å². The van der Waals surface area contributed by atoms with Gasteiger partial charge < -0.3 is 15.4 Å². The van der Waals surface area contributed by atoms with Gasteiger partial charge in [0.25, 0.3) is 0 Å². The van der Waals surface area contributed by atoms with Crippen LogP contribution in [0.15, 0.2) is 52.9 Å². The van der Waals surface area contributed by atoms with Crippen LogP contribution in [-0.4, -0.2) is 28.5 Å². The molecule has 0 fully saturated rings. The summed E-state index contributed by atoms with van der Waals surface area (Å²) < 4.78 is 18.9. The summed E-state index contributed by atoms with van der Waals surface area (Å²) in [6.45, 7) is 1.78. The lowest BCUT2D eigenvalue weighted by atomic mass is 10.3. The summed E-state index contributed by atoms with van der Waals surface area (Å²) in [6, 6.07) is 13.1. The van der Waals surface area contributed by atoms with Gasteiger partial charge in [-0.3, -0.25) is 4.79 Å². The SMILES string of the molecule is COc1ccccc1Nc1nnc(S[C@@H](C)C(=O)Nc2ccc(F)cc2)s1. The quantitative estimate of drug-likeness (QED) is 0.563. The molecule has 0 aliphatic rings. The van der Waals surface area contributed by atoms with Crippen molar-refractivity contribution in [1.82, 2.24) is 10.2 Å². The van der Waals surface area contributed by atoms with Crippen molar-refractivity contribution in [2.45, 2.75) is 16.5 Å². The summed E-state index contributed by atoms with van der Waals surface area (Å²) in [4.78, 5) is 12.3. The lowest BCUT2D eigenvalue weighted by Crippen LogP contribution is -2.22. The molecule has 2 aromatic carbocycles. The third-order valence-electron chi connectivity index (χ3n) is 3.51. The summed E-state index contributed by atoms with van der Waals surface area (Å²) in [5.74, 6) is 0.161. The second-order valence-electron chi connectivity index (χ2n) is 5.45. The standard InChI is InChI=1S/C18H17FN4O2S2/c1-11(16(24)20-13-9-7-12(19)8-10-13)26-18-23-22-17(27-18)21-14-5-3-4-6-15(14)25-2/h3-11H,1-2H3,(H,20,24)(H,21,22)/t11-/m0/s1. The van der Waals surface area contributed by atoms with Crippen molar-refractivity contribution in [3.63, 3.8) is 0 Å². The number of carbonyl (C=O) groups excluding carboxylic acids is 1. The zero-order valence-electron chi connectivity index (χ0n) is 14.6. The number of rotatable bonds is 7. The first-order chi connectivity index (χ1) is 13.0. The van der Waals surface area contributed by atoms with E-state index in [0.29, 0.717) is 20.9 Å². The van der Waals surface area contributed by atoms with Gasteiger partial charge in [0.1, 0.15) is 11.6 Å². The fourth-order valence-electron chi connectivity index (χ4n) is 2.15. The van der Waals surface area contributed by atoms with Crippen LogP contribution in [0.5, 0.6) is 5.75 Å².